The quantitative estimate of drug-likeness (QED) is 0.670. The third kappa shape index (κ3) is 2.60. The van der Waals surface area contributed by atoms with Crippen LogP contribution < -0.4 is 0 Å². The lowest BCUT2D eigenvalue weighted by molar-refractivity contribution is -0.348. The molecule has 15 heavy (non-hydrogen) atoms. The number of hydrogen-bond acceptors (Lipinski definition) is 4. The topological polar surface area (TPSA) is 44.8 Å². The van der Waals surface area contributed by atoms with Crippen molar-refractivity contribution in [2.75, 3.05) is 26.4 Å². The van der Waals surface area contributed by atoms with E-state index in [2.05, 4.69) is 14.2 Å². The monoisotopic (exact) mass is 228 g/mol. The molecule has 0 atom stereocenters. The van der Waals surface area contributed by atoms with Crippen molar-refractivity contribution in [3.05, 3.63) is 0 Å². The molecule has 0 aromatic carbocycles. The van der Waals surface area contributed by atoms with Crippen LogP contribution in [-0.4, -0.2) is 44.2 Å². The van der Waals surface area contributed by atoms with Crippen LogP contribution in [0.1, 0.15) is 6.92 Å². The Hall–Kier alpha value is -0.820. The summed E-state index contributed by atoms with van der Waals surface area (Å²) in [4.78, 5) is 10.8. The minimum Gasteiger partial charge on any atom is -0.464 e. The van der Waals surface area contributed by atoms with Crippen molar-refractivity contribution in [3.63, 3.8) is 0 Å². The molecule has 0 unspecified atom stereocenters. The Labute approximate surface area is 84.3 Å². The number of carbonyl (C=O) groups excluding carboxylic acids is 1. The molecular formula is C8H11F3O4. The highest BCUT2D eigenvalue weighted by atomic mass is 19.4. The van der Waals surface area contributed by atoms with E-state index >= 15 is 0 Å². The Balaban J connectivity index is 2.45. The fraction of sp³-hybridized carbons (Fsp3) is 0.875. The summed E-state index contributed by atoms with van der Waals surface area (Å²) in [5.41, 5.74) is -2.33. The third-order valence-corrected chi connectivity index (χ3v) is 1.96. The second kappa shape index (κ2) is 4.36. The normalized spacial score (nSPS) is 19.5. The second-order valence-corrected chi connectivity index (χ2v) is 3.08. The van der Waals surface area contributed by atoms with Crippen LogP contribution in [0.3, 0.4) is 0 Å². The van der Waals surface area contributed by atoms with Crippen LogP contribution in [0.25, 0.3) is 0 Å². The fourth-order valence-electron chi connectivity index (χ4n) is 1.02. The third-order valence-electron chi connectivity index (χ3n) is 1.96. The first-order chi connectivity index (χ1) is 6.91. The highest BCUT2D eigenvalue weighted by Gasteiger charge is 2.61. The summed E-state index contributed by atoms with van der Waals surface area (Å²) >= 11 is 0. The van der Waals surface area contributed by atoms with Crippen molar-refractivity contribution in [2.24, 2.45) is 0 Å². The fourth-order valence-corrected chi connectivity index (χ4v) is 1.02. The maximum Gasteiger partial charge on any atom is 0.422 e. The molecule has 1 aliphatic heterocycles. The zero-order valence-electron chi connectivity index (χ0n) is 8.10. The highest BCUT2D eigenvalue weighted by Crippen LogP contribution is 2.39. The molecule has 1 aliphatic rings. The lowest BCUT2D eigenvalue weighted by Crippen LogP contribution is -2.62. The van der Waals surface area contributed by atoms with E-state index in [1.54, 1.807) is 6.92 Å². The number of alkyl halides is 3. The molecule has 4 nitrogen and oxygen atoms in total. The van der Waals surface area contributed by atoms with Crippen LogP contribution in [-0.2, 0) is 19.0 Å². The predicted octanol–water partition coefficient (Wildman–Crippen LogP) is 0.897. The van der Waals surface area contributed by atoms with Crippen molar-refractivity contribution in [2.45, 2.75) is 18.7 Å². The Morgan fingerprint density at radius 1 is 1.47 bits per heavy atom. The van der Waals surface area contributed by atoms with Crippen LogP contribution in [0.2, 0.25) is 0 Å². The molecule has 0 N–H and O–H groups in total. The smallest absolute Gasteiger partial charge is 0.422 e. The van der Waals surface area contributed by atoms with Crippen molar-refractivity contribution in [1.82, 2.24) is 0 Å². The number of halogens is 3. The number of rotatable bonds is 4. The van der Waals surface area contributed by atoms with E-state index < -0.39 is 37.6 Å². The summed E-state index contributed by atoms with van der Waals surface area (Å²) in [7, 11) is 0. The van der Waals surface area contributed by atoms with Gasteiger partial charge < -0.3 is 14.2 Å². The number of carbonyl (C=O) groups is 1. The van der Waals surface area contributed by atoms with Gasteiger partial charge in [0, 0.05) is 0 Å². The zero-order valence-corrected chi connectivity index (χ0v) is 8.10. The number of esters is 1. The minimum absolute atomic E-state index is 0.109. The van der Waals surface area contributed by atoms with E-state index in [-0.39, 0.29) is 6.61 Å². The average Bonchev–Trinajstić information content (AvgIpc) is 1.99. The molecule has 1 rings (SSSR count). The maximum absolute atomic E-state index is 12.4. The van der Waals surface area contributed by atoms with Gasteiger partial charge in [0.25, 0.3) is 0 Å². The first-order valence-corrected chi connectivity index (χ1v) is 4.35. The summed E-state index contributed by atoms with van der Waals surface area (Å²) in [6.45, 7) is -0.190. The van der Waals surface area contributed by atoms with Gasteiger partial charge in [0.05, 0.1) is 19.8 Å². The minimum atomic E-state index is -4.53. The average molecular weight is 228 g/mol. The highest BCUT2D eigenvalue weighted by molar-refractivity contribution is 5.70. The van der Waals surface area contributed by atoms with Gasteiger partial charge in [-0.25, -0.2) is 4.79 Å². The molecule has 7 heteroatoms. The van der Waals surface area contributed by atoms with E-state index in [0.717, 1.165) is 0 Å². The van der Waals surface area contributed by atoms with Gasteiger partial charge in [-0.1, -0.05) is 0 Å². The van der Waals surface area contributed by atoms with Crippen LogP contribution >= 0.6 is 0 Å². The summed E-state index contributed by atoms with van der Waals surface area (Å²) in [6.07, 6.45) is -4.53. The molecule has 1 fully saturated rings. The first kappa shape index (κ1) is 12.3. The molecule has 1 saturated heterocycles. The Morgan fingerprint density at radius 2 is 2.07 bits per heavy atom. The van der Waals surface area contributed by atoms with Crippen molar-refractivity contribution < 1.29 is 32.2 Å². The molecule has 0 saturated carbocycles. The molecular weight excluding hydrogens is 217 g/mol. The molecule has 1 heterocycles. The van der Waals surface area contributed by atoms with Gasteiger partial charge in [-0.15, -0.1) is 0 Å². The van der Waals surface area contributed by atoms with E-state index in [4.69, 9.17) is 0 Å². The van der Waals surface area contributed by atoms with Crippen LogP contribution in [0.5, 0.6) is 0 Å². The Bertz CT molecular complexity index is 235. The van der Waals surface area contributed by atoms with Gasteiger partial charge in [-0.05, 0) is 6.92 Å². The van der Waals surface area contributed by atoms with Crippen LogP contribution in [0.15, 0.2) is 0 Å². The second-order valence-electron chi connectivity index (χ2n) is 3.08. The van der Waals surface area contributed by atoms with Gasteiger partial charge in [0.15, 0.2) is 0 Å². The standard InChI is InChI=1S/C8H11F3O4/c1-2-14-6(12)3-15-7(4-13-5-7)8(9,10)11/h2-5H2,1H3. The van der Waals surface area contributed by atoms with E-state index in [0.29, 0.717) is 0 Å². The molecule has 0 bridgehead atoms. The Morgan fingerprint density at radius 3 is 2.40 bits per heavy atom. The molecule has 0 amide bonds. The zero-order chi connectivity index (χ0) is 11.5. The van der Waals surface area contributed by atoms with E-state index in [1.807, 2.05) is 0 Å². The maximum atomic E-state index is 12.4. The van der Waals surface area contributed by atoms with E-state index in [1.165, 1.54) is 0 Å². The van der Waals surface area contributed by atoms with Gasteiger partial charge in [0.2, 0.25) is 5.60 Å². The number of hydrogen-bond donors (Lipinski definition) is 0. The van der Waals surface area contributed by atoms with Gasteiger partial charge >= 0.3 is 12.1 Å². The first-order valence-electron chi connectivity index (χ1n) is 4.35. The molecule has 0 aromatic rings. The predicted molar refractivity (Wildman–Crippen MR) is 42.2 cm³/mol. The van der Waals surface area contributed by atoms with Crippen molar-refractivity contribution >= 4 is 5.97 Å². The summed E-state index contributed by atoms with van der Waals surface area (Å²) in [6, 6.07) is 0. The van der Waals surface area contributed by atoms with Gasteiger partial charge in [0.1, 0.15) is 6.61 Å². The molecule has 0 aliphatic carbocycles. The summed E-state index contributed by atoms with van der Waals surface area (Å²) in [5.74, 6) is -0.812. The molecule has 0 aromatic heterocycles. The van der Waals surface area contributed by atoms with Crippen LogP contribution in [0.4, 0.5) is 13.2 Å². The van der Waals surface area contributed by atoms with Gasteiger partial charge in [-0.2, -0.15) is 13.2 Å². The summed E-state index contributed by atoms with van der Waals surface area (Å²) in [5, 5.41) is 0. The number of ether oxygens (including phenoxy) is 3. The summed E-state index contributed by atoms with van der Waals surface area (Å²) < 4.78 is 50.7. The SMILES string of the molecule is CCOC(=O)COC1(C(F)(F)F)COC1. The largest absolute Gasteiger partial charge is 0.464 e. The molecule has 0 radical (unpaired) electrons. The lowest BCUT2D eigenvalue weighted by Gasteiger charge is -2.41. The van der Waals surface area contributed by atoms with Crippen LogP contribution in [0, 0.1) is 0 Å². The molecule has 88 valence electrons. The molecule has 0 spiro atoms. The van der Waals surface area contributed by atoms with E-state index in [9.17, 15) is 18.0 Å². The van der Waals surface area contributed by atoms with Crippen molar-refractivity contribution in [3.8, 4) is 0 Å². The van der Waals surface area contributed by atoms with Crippen molar-refractivity contribution in [1.29, 1.82) is 0 Å². The lowest BCUT2D eigenvalue weighted by atomic mass is 10.0. The van der Waals surface area contributed by atoms with Gasteiger partial charge in [-0.3, -0.25) is 0 Å². The Kier molecular flexibility index (Phi) is 3.56.